The second-order valence-electron chi connectivity index (χ2n) is 4.35. The van der Waals surface area contributed by atoms with Crippen LogP contribution in [0.15, 0.2) is 42.5 Å². The molecule has 0 fully saturated rings. The Balaban J connectivity index is 2.63. The lowest BCUT2D eigenvalue weighted by molar-refractivity contribution is -0.385. The highest BCUT2D eigenvalue weighted by Gasteiger charge is 2.22. The molecular weight excluding hydrogens is 268 g/mol. The van der Waals surface area contributed by atoms with Gasteiger partial charge in [0.25, 0.3) is 5.69 Å². The minimum absolute atomic E-state index is 0.0524. The van der Waals surface area contributed by atoms with Crippen LogP contribution >= 0.6 is 0 Å². The first-order valence-electron chi connectivity index (χ1n) is 6.15. The summed E-state index contributed by atoms with van der Waals surface area (Å²) in [6, 6.07) is 11.7. The molecule has 0 amide bonds. The molecule has 0 radical (unpaired) electrons. The summed E-state index contributed by atoms with van der Waals surface area (Å²) < 4.78 is 0. The van der Waals surface area contributed by atoms with Crippen LogP contribution in [0.2, 0.25) is 0 Å². The van der Waals surface area contributed by atoms with Gasteiger partial charge in [0.2, 0.25) is 0 Å². The van der Waals surface area contributed by atoms with Crippen molar-refractivity contribution in [1.29, 1.82) is 0 Å². The van der Waals surface area contributed by atoms with Gasteiger partial charge in [-0.1, -0.05) is 30.0 Å². The number of nitro benzene ring substituents is 1. The van der Waals surface area contributed by atoms with E-state index in [0.29, 0.717) is 0 Å². The van der Waals surface area contributed by atoms with Crippen molar-refractivity contribution in [3.8, 4) is 11.8 Å². The second kappa shape index (κ2) is 5.88. The van der Waals surface area contributed by atoms with Crippen molar-refractivity contribution in [3.05, 3.63) is 69.3 Å². The molecule has 2 rings (SSSR count). The van der Waals surface area contributed by atoms with Gasteiger partial charge in [-0.2, -0.15) is 0 Å². The van der Waals surface area contributed by atoms with Gasteiger partial charge in [0.1, 0.15) is 5.56 Å². The molecule has 21 heavy (non-hydrogen) atoms. The van der Waals surface area contributed by atoms with Crippen LogP contribution in [0.3, 0.4) is 0 Å². The van der Waals surface area contributed by atoms with Crippen molar-refractivity contribution < 1.29 is 9.72 Å². The van der Waals surface area contributed by atoms with Crippen LogP contribution in [-0.2, 0) is 0 Å². The van der Waals surface area contributed by atoms with Crippen molar-refractivity contribution in [2.24, 2.45) is 0 Å². The van der Waals surface area contributed by atoms with Gasteiger partial charge in [0.15, 0.2) is 5.78 Å². The fraction of sp³-hybridized carbons (Fsp3) is 0.0625. The number of carbonyl (C=O) groups excluding carboxylic acids is 1. The van der Waals surface area contributed by atoms with E-state index >= 15 is 0 Å². The van der Waals surface area contributed by atoms with Gasteiger partial charge in [-0.3, -0.25) is 14.9 Å². The zero-order chi connectivity index (χ0) is 15.4. The maximum absolute atomic E-state index is 11.7. The number of rotatable bonds is 2. The van der Waals surface area contributed by atoms with Gasteiger partial charge >= 0.3 is 0 Å². The summed E-state index contributed by atoms with van der Waals surface area (Å²) in [5, 5.41) is 11.0. The van der Waals surface area contributed by atoms with Crippen LogP contribution in [0.1, 0.15) is 28.4 Å². The molecule has 5 nitrogen and oxygen atoms in total. The Morgan fingerprint density at radius 1 is 1.14 bits per heavy atom. The number of nitrogens with two attached hydrogens (primary N) is 1. The van der Waals surface area contributed by atoms with Crippen molar-refractivity contribution in [2.75, 3.05) is 5.73 Å². The Labute approximate surface area is 121 Å². The van der Waals surface area contributed by atoms with E-state index in [2.05, 4.69) is 11.8 Å². The fourth-order valence-electron chi connectivity index (χ4n) is 1.91. The predicted octanol–water partition coefficient (Wildman–Crippen LogP) is 2.78. The highest BCUT2D eigenvalue weighted by molar-refractivity contribution is 6.02. The third-order valence-corrected chi connectivity index (χ3v) is 2.87. The van der Waals surface area contributed by atoms with Gasteiger partial charge in [0, 0.05) is 17.3 Å². The van der Waals surface area contributed by atoms with Crippen LogP contribution in [-0.4, -0.2) is 10.7 Å². The number of nitrogen functional groups attached to an aromatic ring is 1. The summed E-state index contributed by atoms with van der Waals surface area (Å²) in [5.41, 5.74) is 6.65. The first-order chi connectivity index (χ1) is 10.0. The lowest BCUT2D eigenvalue weighted by Crippen LogP contribution is -2.06. The molecule has 0 spiro atoms. The molecule has 2 aromatic carbocycles. The molecule has 0 saturated carbocycles. The summed E-state index contributed by atoms with van der Waals surface area (Å²) in [6.45, 7) is 1.26. The molecule has 104 valence electrons. The molecule has 0 bridgehead atoms. The van der Waals surface area contributed by atoms with E-state index in [-0.39, 0.29) is 22.5 Å². The zero-order valence-electron chi connectivity index (χ0n) is 11.3. The Bertz CT molecular complexity index is 771. The molecular formula is C16H12N2O3. The molecule has 0 heterocycles. The molecule has 0 aromatic heterocycles. The first-order valence-corrected chi connectivity index (χ1v) is 6.15. The number of nitro groups is 1. The standard InChI is InChI=1S/C16H12N2O3/c1-11(19)16-13(8-7-12-5-3-2-4-6-12)14(17)9-10-15(16)18(20)21/h2-6,9-10H,17H2,1H3. The summed E-state index contributed by atoms with van der Waals surface area (Å²) in [6.07, 6.45) is 0. The largest absolute Gasteiger partial charge is 0.398 e. The summed E-state index contributed by atoms with van der Waals surface area (Å²) in [5.74, 6) is 5.19. The third kappa shape index (κ3) is 3.07. The summed E-state index contributed by atoms with van der Waals surface area (Å²) >= 11 is 0. The molecule has 2 N–H and O–H groups in total. The van der Waals surface area contributed by atoms with E-state index in [9.17, 15) is 14.9 Å². The highest BCUT2D eigenvalue weighted by Crippen LogP contribution is 2.27. The maximum atomic E-state index is 11.7. The predicted molar refractivity (Wildman–Crippen MR) is 79.9 cm³/mol. The Kier molecular flexibility index (Phi) is 4.00. The number of ketones is 1. The number of anilines is 1. The van der Waals surface area contributed by atoms with Crippen molar-refractivity contribution >= 4 is 17.2 Å². The van der Waals surface area contributed by atoms with Crippen LogP contribution in [0.25, 0.3) is 0 Å². The van der Waals surface area contributed by atoms with Gasteiger partial charge in [-0.15, -0.1) is 0 Å². The van der Waals surface area contributed by atoms with Crippen molar-refractivity contribution in [1.82, 2.24) is 0 Å². The average molecular weight is 280 g/mol. The van der Waals surface area contributed by atoms with Gasteiger partial charge < -0.3 is 5.73 Å². The van der Waals surface area contributed by atoms with E-state index < -0.39 is 10.7 Å². The molecule has 0 atom stereocenters. The van der Waals surface area contributed by atoms with Crippen molar-refractivity contribution in [2.45, 2.75) is 6.92 Å². The quantitative estimate of drug-likeness (QED) is 0.301. The molecule has 5 heteroatoms. The van der Waals surface area contributed by atoms with E-state index in [0.717, 1.165) is 5.56 Å². The lowest BCUT2D eigenvalue weighted by Gasteiger charge is -2.05. The molecule has 2 aromatic rings. The fourth-order valence-corrected chi connectivity index (χ4v) is 1.91. The van der Waals surface area contributed by atoms with Crippen LogP contribution in [0.4, 0.5) is 11.4 Å². The normalized spacial score (nSPS) is 9.57. The number of hydrogen-bond acceptors (Lipinski definition) is 4. The van der Waals surface area contributed by atoms with Crippen molar-refractivity contribution in [3.63, 3.8) is 0 Å². The second-order valence-corrected chi connectivity index (χ2v) is 4.35. The smallest absolute Gasteiger partial charge is 0.281 e. The van der Waals surface area contributed by atoms with Gasteiger partial charge in [-0.25, -0.2) is 0 Å². The monoisotopic (exact) mass is 280 g/mol. The number of nitrogens with zero attached hydrogens (tertiary/aromatic N) is 1. The maximum Gasteiger partial charge on any atom is 0.281 e. The third-order valence-electron chi connectivity index (χ3n) is 2.87. The first kappa shape index (κ1) is 14.3. The molecule has 0 saturated heterocycles. The topological polar surface area (TPSA) is 86.2 Å². The number of Topliss-reactive ketones (excluding diaryl/α,β-unsaturated/α-hetero) is 1. The van der Waals surface area contributed by atoms with Gasteiger partial charge in [-0.05, 0) is 25.1 Å². The van der Waals surface area contributed by atoms with E-state index in [1.54, 1.807) is 12.1 Å². The summed E-state index contributed by atoms with van der Waals surface area (Å²) in [4.78, 5) is 22.1. The molecule has 0 unspecified atom stereocenters. The minimum atomic E-state index is -0.607. The van der Waals surface area contributed by atoms with E-state index in [1.165, 1.54) is 19.1 Å². The number of hydrogen-bond donors (Lipinski definition) is 1. The summed E-state index contributed by atoms with van der Waals surface area (Å²) in [7, 11) is 0. The van der Waals surface area contributed by atoms with Gasteiger partial charge in [0.05, 0.1) is 10.5 Å². The molecule has 0 aliphatic heterocycles. The molecule has 0 aliphatic carbocycles. The minimum Gasteiger partial charge on any atom is -0.398 e. The Morgan fingerprint density at radius 2 is 1.81 bits per heavy atom. The van der Waals surface area contributed by atoms with Crippen LogP contribution in [0, 0.1) is 22.0 Å². The van der Waals surface area contributed by atoms with E-state index in [1.807, 2.05) is 18.2 Å². The average Bonchev–Trinajstić information content (AvgIpc) is 2.46. The van der Waals surface area contributed by atoms with Crippen LogP contribution in [0.5, 0.6) is 0 Å². The number of carbonyl (C=O) groups is 1. The van der Waals surface area contributed by atoms with E-state index in [4.69, 9.17) is 5.73 Å². The zero-order valence-corrected chi connectivity index (χ0v) is 11.3. The number of benzene rings is 2. The SMILES string of the molecule is CC(=O)c1c([N+](=O)[O-])ccc(N)c1C#Cc1ccccc1. The Hall–Kier alpha value is -3.13. The molecule has 0 aliphatic rings. The Morgan fingerprint density at radius 3 is 2.38 bits per heavy atom. The van der Waals surface area contributed by atoms with Crippen LogP contribution < -0.4 is 5.73 Å². The lowest BCUT2D eigenvalue weighted by atomic mass is 10.00. The highest BCUT2D eigenvalue weighted by atomic mass is 16.6.